The molecule has 4 heteroatoms. The van der Waals surface area contributed by atoms with Crippen molar-refractivity contribution in [2.45, 2.75) is 111 Å². The predicted molar refractivity (Wildman–Crippen MR) is 128 cm³/mol. The molecule has 0 bridgehead atoms. The van der Waals surface area contributed by atoms with E-state index < -0.39 is 0 Å². The zero-order valence-electron chi connectivity index (χ0n) is 19.9. The minimum atomic E-state index is -0.353. The van der Waals surface area contributed by atoms with Crippen LogP contribution in [0.4, 0.5) is 0 Å². The van der Waals surface area contributed by atoms with Gasteiger partial charge in [-0.1, -0.05) is 70.4 Å². The highest BCUT2D eigenvalue weighted by molar-refractivity contribution is 5.71. The third kappa shape index (κ3) is 14.5. The van der Waals surface area contributed by atoms with Crippen molar-refractivity contribution in [2.24, 2.45) is 0 Å². The zero-order chi connectivity index (χ0) is 22.7. The molecule has 1 aromatic carbocycles. The first-order valence-electron chi connectivity index (χ1n) is 12.2. The van der Waals surface area contributed by atoms with Gasteiger partial charge in [-0.05, 0) is 62.3 Å². The van der Waals surface area contributed by atoms with Crippen molar-refractivity contribution in [2.75, 3.05) is 0 Å². The lowest BCUT2D eigenvalue weighted by atomic mass is 10.0. The first kappa shape index (κ1) is 26.9. The SMILES string of the molecule is CCCCCC/C=C\CCCCCCCCCc1cc(OC(C)=O)ccc1OC(C)=O. The van der Waals surface area contributed by atoms with Gasteiger partial charge in [0.15, 0.2) is 0 Å². The van der Waals surface area contributed by atoms with Gasteiger partial charge in [0.1, 0.15) is 11.5 Å². The van der Waals surface area contributed by atoms with Gasteiger partial charge in [-0.15, -0.1) is 0 Å². The van der Waals surface area contributed by atoms with E-state index in [1.165, 1.54) is 84.5 Å². The van der Waals surface area contributed by atoms with Crippen LogP contribution in [0.15, 0.2) is 30.4 Å². The van der Waals surface area contributed by atoms with Crippen molar-refractivity contribution < 1.29 is 19.1 Å². The highest BCUT2D eigenvalue weighted by atomic mass is 16.5. The van der Waals surface area contributed by atoms with Crippen molar-refractivity contribution in [1.82, 2.24) is 0 Å². The van der Waals surface area contributed by atoms with Crippen LogP contribution in [0.2, 0.25) is 0 Å². The van der Waals surface area contributed by atoms with Crippen molar-refractivity contribution in [1.29, 1.82) is 0 Å². The number of unbranched alkanes of at least 4 members (excludes halogenated alkanes) is 11. The Hall–Kier alpha value is -2.10. The smallest absolute Gasteiger partial charge is 0.308 e. The average molecular weight is 431 g/mol. The Kier molecular flexibility index (Phi) is 15.3. The monoisotopic (exact) mass is 430 g/mol. The number of carbonyl (C=O) groups is 2. The van der Waals surface area contributed by atoms with Gasteiger partial charge >= 0.3 is 11.9 Å². The van der Waals surface area contributed by atoms with E-state index in [1.807, 2.05) is 0 Å². The molecule has 0 atom stereocenters. The van der Waals surface area contributed by atoms with Gasteiger partial charge in [-0.2, -0.15) is 0 Å². The molecule has 0 heterocycles. The van der Waals surface area contributed by atoms with Crippen LogP contribution in [0.3, 0.4) is 0 Å². The van der Waals surface area contributed by atoms with Crippen molar-refractivity contribution in [3.8, 4) is 11.5 Å². The second-order valence-electron chi connectivity index (χ2n) is 8.29. The van der Waals surface area contributed by atoms with E-state index in [1.54, 1.807) is 18.2 Å². The third-order valence-electron chi connectivity index (χ3n) is 5.26. The number of rotatable bonds is 17. The molecule has 0 amide bonds. The minimum absolute atomic E-state index is 0.340. The molecule has 0 saturated heterocycles. The largest absolute Gasteiger partial charge is 0.427 e. The average Bonchev–Trinajstić information content (AvgIpc) is 2.72. The molecule has 0 spiro atoms. The quantitative estimate of drug-likeness (QED) is 0.110. The molecular weight excluding hydrogens is 388 g/mol. The van der Waals surface area contributed by atoms with E-state index in [-0.39, 0.29) is 11.9 Å². The molecular formula is C27H42O4. The lowest BCUT2D eigenvalue weighted by molar-refractivity contribution is -0.133. The summed E-state index contributed by atoms with van der Waals surface area (Å²) in [6, 6.07) is 5.16. The summed E-state index contributed by atoms with van der Waals surface area (Å²) in [6.07, 6.45) is 21.9. The molecule has 0 aliphatic rings. The molecule has 0 radical (unpaired) electrons. The first-order chi connectivity index (χ1) is 15.0. The molecule has 174 valence electrons. The molecule has 1 rings (SSSR count). The maximum Gasteiger partial charge on any atom is 0.308 e. The number of hydrogen-bond donors (Lipinski definition) is 0. The number of allylic oxidation sites excluding steroid dienone is 2. The summed E-state index contributed by atoms with van der Waals surface area (Å²) in [4.78, 5) is 22.5. The van der Waals surface area contributed by atoms with Crippen LogP contribution in [-0.4, -0.2) is 11.9 Å². The predicted octanol–water partition coefficient (Wildman–Crippen LogP) is 7.73. The highest BCUT2D eigenvalue weighted by Crippen LogP contribution is 2.26. The van der Waals surface area contributed by atoms with Crippen LogP contribution in [-0.2, 0) is 16.0 Å². The number of ether oxygens (including phenoxy) is 2. The van der Waals surface area contributed by atoms with E-state index in [0.717, 1.165) is 24.8 Å². The van der Waals surface area contributed by atoms with Gasteiger partial charge in [0.05, 0.1) is 0 Å². The molecule has 0 aromatic heterocycles. The number of benzene rings is 1. The normalized spacial score (nSPS) is 11.1. The van der Waals surface area contributed by atoms with E-state index in [2.05, 4.69) is 19.1 Å². The summed E-state index contributed by atoms with van der Waals surface area (Å²) < 4.78 is 10.5. The molecule has 0 aliphatic carbocycles. The standard InChI is InChI=1S/C27H42O4/c1-4-5-6-7-8-9-10-11-12-13-14-15-16-17-18-19-25-22-26(30-23(2)28)20-21-27(25)31-24(3)29/h9-10,20-22H,4-8,11-19H2,1-3H3/b10-9-. The second-order valence-corrected chi connectivity index (χ2v) is 8.29. The molecule has 1 aromatic rings. The van der Waals surface area contributed by atoms with E-state index in [0.29, 0.717) is 11.5 Å². The van der Waals surface area contributed by atoms with Crippen LogP contribution in [0, 0.1) is 0 Å². The number of carbonyl (C=O) groups excluding carboxylic acids is 2. The Morgan fingerprint density at radius 3 is 1.87 bits per heavy atom. The van der Waals surface area contributed by atoms with Crippen molar-refractivity contribution >= 4 is 11.9 Å². The van der Waals surface area contributed by atoms with Gasteiger partial charge < -0.3 is 9.47 Å². The lowest BCUT2D eigenvalue weighted by Gasteiger charge is -2.11. The van der Waals surface area contributed by atoms with Crippen molar-refractivity contribution in [3.05, 3.63) is 35.9 Å². The summed E-state index contributed by atoms with van der Waals surface area (Å²) in [5, 5.41) is 0. The summed E-state index contributed by atoms with van der Waals surface area (Å²) >= 11 is 0. The Balaban J connectivity index is 2.17. The van der Waals surface area contributed by atoms with Crippen molar-refractivity contribution in [3.63, 3.8) is 0 Å². The molecule has 0 aliphatic heterocycles. The van der Waals surface area contributed by atoms with Gasteiger partial charge in [0, 0.05) is 13.8 Å². The molecule has 0 N–H and O–H groups in total. The van der Waals surface area contributed by atoms with Crippen LogP contribution in [0.1, 0.15) is 110 Å². The Bertz CT molecular complexity index is 663. The summed E-state index contributed by atoms with van der Waals surface area (Å²) in [5.41, 5.74) is 0.912. The molecule has 0 fully saturated rings. The lowest BCUT2D eigenvalue weighted by Crippen LogP contribution is -2.06. The van der Waals surface area contributed by atoms with Crippen LogP contribution in [0.5, 0.6) is 11.5 Å². The molecule has 4 nitrogen and oxygen atoms in total. The van der Waals surface area contributed by atoms with Gasteiger partial charge in [0.2, 0.25) is 0 Å². The second kappa shape index (κ2) is 17.6. The molecule has 31 heavy (non-hydrogen) atoms. The molecule has 0 saturated carbocycles. The van der Waals surface area contributed by atoms with E-state index in [9.17, 15) is 9.59 Å². The third-order valence-corrected chi connectivity index (χ3v) is 5.26. The Morgan fingerprint density at radius 2 is 1.29 bits per heavy atom. The van der Waals surface area contributed by atoms with Gasteiger partial charge in [-0.3, -0.25) is 9.59 Å². The number of hydrogen-bond acceptors (Lipinski definition) is 4. The van der Waals surface area contributed by atoms with E-state index >= 15 is 0 Å². The number of esters is 2. The maximum absolute atomic E-state index is 11.3. The fraction of sp³-hybridized carbons (Fsp3) is 0.630. The van der Waals surface area contributed by atoms with Crippen LogP contribution < -0.4 is 9.47 Å². The minimum Gasteiger partial charge on any atom is -0.427 e. The van der Waals surface area contributed by atoms with Crippen LogP contribution in [0.25, 0.3) is 0 Å². The van der Waals surface area contributed by atoms with E-state index in [4.69, 9.17) is 9.47 Å². The Labute approximate surface area is 189 Å². The molecule has 0 unspecified atom stereocenters. The summed E-state index contributed by atoms with van der Waals surface area (Å²) in [7, 11) is 0. The summed E-state index contributed by atoms with van der Waals surface area (Å²) in [6.45, 7) is 5.03. The highest BCUT2D eigenvalue weighted by Gasteiger charge is 2.09. The van der Waals surface area contributed by atoms with Gasteiger partial charge in [0.25, 0.3) is 0 Å². The maximum atomic E-state index is 11.3. The summed E-state index contributed by atoms with van der Waals surface area (Å²) in [5.74, 6) is 0.358. The van der Waals surface area contributed by atoms with Gasteiger partial charge in [-0.25, -0.2) is 0 Å². The fourth-order valence-corrected chi connectivity index (χ4v) is 3.62. The number of aryl methyl sites for hydroxylation is 1. The zero-order valence-corrected chi connectivity index (χ0v) is 19.9. The van der Waals surface area contributed by atoms with Crippen LogP contribution >= 0.6 is 0 Å². The topological polar surface area (TPSA) is 52.6 Å². The fourth-order valence-electron chi connectivity index (χ4n) is 3.62. The Morgan fingerprint density at radius 1 is 0.742 bits per heavy atom. The first-order valence-corrected chi connectivity index (χ1v) is 12.2.